The topological polar surface area (TPSA) is 55.1 Å². The van der Waals surface area contributed by atoms with Crippen molar-refractivity contribution in [1.82, 2.24) is 5.32 Å². The molecule has 3 N–H and O–H groups in total. The molecule has 2 atom stereocenters. The van der Waals surface area contributed by atoms with E-state index >= 15 is 0 Å². The second-order valence-electron chi connectivity index (χ2n) is 3.89. The minimum atomic E-state index is -0.148. The lowest BCUT2D eigenvalue weighted by Gasteiger charge is -2.18. The standard InChI is InChI=1S/C12H17BrN2O/c1-8(7-14)12(16)15-9(2)10-5-3-4-6-11(10)13/h3-6,8-9H,7,14H2,1-2H3,(H,15,16). The maximum atomic E-state index is 11.7. The van der Waals surface area contributed by atoms with E-state index in [-0.39, 0.29) is 17.9 Å². The van der Waals surface area contributed by atoms with Crippen LogP contribution in [0.4, 0.5) is 0 Å². The molecule has 0 aliphatic carbocycles. The van der Waals surface area contributed by atoms with Crippen LogP contribution in [-0.2, 0) is 4.79 Å². The molecule has 16 heavy (non-hydrogen) atoms. The van der Waals surface area contributed by atoms with E-state index in [1.165, 1.54) is 0 Å². The molecule has 0 bridgehead atoms. The summed E-state index contributed by atoms with van der Waals surface area (Å²) in [4.78, 5) is 11.7. The SMILES string of the molecule is CC(CN)C(=O)NC(C)c1ccccc1Br. The number of hydrogen-bond donors (Lipinski definition) is 2. The summed E-state index contributed by atoms with van der Waals surface area (Å²) < 4.78 is 1.00. The molecular formula is C12H17BrN2O. The Bertz CT molecular complexity index is 368. The van der Waals surface area contributed by atoms with Gasteiger partial charge in [-0.2, -0.15) is 0 Å². The zero-order valence-electron chi connectivity index (χ0n) is 9.53. The van der Waals surface area contributed by atoms with Crippen LogP contribution in [-0.4, -0.2) is 12.5 Å². The van der Waals surface area contributed by atoms with Crippen LogP contribution >= 0.6 is 15.9 Å². The maximum absolute atomic E-state index is 11.7. The zero-order chi connectivity index (χ0) is 12.1. The van der Waals surface area contributed by atoms with Crippen LogP contribution in [0.15, 0.2) is 28.7 Å². The molecule has 1 aromatic carbocycles. The van der Waals surface area contributed by atoms with E-state index in [0.29, 0.717) is 6.54 Å². The lowest BCUT2D eigenvalue weighted by Crippen LogP contribution is -2.35. The fraction of sp³-hybridized carbons (Fsp3) is 0.417. The van der Waals surface area contributed by atoms with Gasteiger partial charge in [0.15, 0.2) is 0 Å². The number of benzene rings is 1. The Morgan fingerprint density at radius 2 is 2.06 bits per heavy atom. The van der Waals surface area contributed by atoms with E-state index in [2.05, 4.69) is 21.2 Å². The van der Waals surface area contributed by atoms with E-state index in [1.54, 1.807) is 0 Å². The van der Waals surface area contributed by atoms with E-state index in [4.69, 9.17) is 5.73 Å². The van der Waals surface area contributed by atoms with Crippen LogP contribution < -0.4 is 11.1 Å². The van der Waals surface area contributed by atoms with Gasteiger partial charge in [0, 0.05) is 16.9 Å². The van der Waals surface area contributed by atoms with Crippen LogP contribution in [0.5, 0.6) is 0 Å². The molecule has 0 saturated carbocycles. The van der Waals surface area contributed by atoms with Gasteiger partial charge in [-0.25, -0.2) is 0 Å². The molecule has 0 spiro atoms. The maximum Gasteiger partial charge on any atom is 0.224 e. The van der Waals surface area contributed by atoms with Crippen molar-refractivity contribution < 1.29 is 4.79 Å². The minimum absolute atomic E-state index is 0.00856. The number of carbonyl (C=O) groups excluding carboxylic acids is 1. The van der Waals surface area contributed by atoms with E-state index in [1.807, 2.05) is 38.1 Å². The van der Waals surface area contributed by atoms with Gasteiger partial charge >= 0.3 is 0 Å². The highest BCUT2D eigenvalue weighted by atomic mass is 79.9. The van der Waals surface area contributed by atoms with Crippen LogP contribution in [0.25, 0.3) is 0 Å². The third-order valence-electron chi connectivity index (χ3n) is 2.53. The average Bonchev–Trinajstić information content (AvgIpc) is 2.28. The van der Waals surface area contributed by atoms with Gasteiger partial charge in [0.25, 0.3) is 0 Å². The second-order valence-corrected chi connectivity index (χ2v) is 4.74. The molecule has 1 amide bonds. The highest BCUT2D eigenvalue weighted by molar-refractivity contribution is 9.10. The molecule has 0 heterocycles. The first kappa shape index (κ1) is 13.2. The molecule has 0 fully saturated rings. The Balaban J connectivity index is 2.69. The number of nitrogens with two attached hydrogens (primary N) is 1. The van der Waals surface area contributed by atoms with Gasteiger partial charge in [-0.3, -0.25) is 4.79 Å². The molecule has 0 aliphatic rings. The third kappa shape index (κ3) is 3.32. The lowest BCUT2D eigenvalue weighted by molar-refractivity contribution is -0.124. The fourth-order valence-electron chi connectivity index (χ4n) is 1.37. The van der Waals surface area contributed by atoms with Crippen LogP contribution in [0.3, 0.4) is 0 Å². The zero-order valence-corrected chi connectivity index (χ0v) is 11.1. The fourth-order valence-corrected chi connectivity index (χ4v) is 1.99. The Morgan fingerprint density at radius 3 is 2.62 bits per heavy atom. The van der Waals surface area contributed by atoms with Crippen molar-refractivity contribution in [2.75, 3.05) is 6.54 Å². The number of nitrogens with one attached hydrogen (secondary N) is 1. The quantitative estimate of drug-likeness (QED) is 0.891. The summed E-state index contributed by atoms with van der Waals surface area (Å²) in [6, 6.07) is 7.84. The highest BCUT2D eigenvalue weighted by Gasteiger charge is 2.15. The van der Waals surface area contributed by atoms with Crippen molar-refractivity contribution in [3.8, 4) is 0 Å². The molecule has 88 valence electrons. The van der Waals surface area contributed by atoms with Gasteiger partial charge in [0.2, 0.25) is 5.91 Å². The first-order chi connectivity index (χ1) is 7.56. The third-order valence-corrected chi connectivity index (χ3v) is 3.25. The van der Waals surface area contributed by atoms with Crippen molar-refractivity contribution in [2.45, 2.75) is 19.9 Å². The van der Waals surface area contributed by atoms with E-state index in [9.17, 15) is 4.79 Å². The summed E-state index contributed by atoms with van der Waals surface area (Å²) in [5.74, 6) is -0.157. The van der Waals surface area contributed by atoms with Crippen LogP contribution in [0, 0.1) is 5.92 Å². The second kappa shape index (κ2) is 6.01. The minimum Gasteiger partial charge on any atom is -0.349 e. The molecule has 4 heteroatoms. The normalized spacial score (nSPS) is 14.2. The predicted molar refractivity (Wildman–Crippen MR) is 68.9 cm³/mol. The summed E-state index contributed by atoms with van der Waals surface area (Å²) in [7, 11) is 0. The average molecular weight is 285 g/mol. The van der Waals surface area contributed by atoms with E-state index < -0.39 is 0 Å². The summed E-state index contributed by atoms with van der Waals surface area (Å²) in [5.41, 5.74) is 6.52. The molecular weight excluding hydrogens is 268 g/mol. The van der Waals surface area contributed by atoms with Crippen molar-refractivity contribution in [3.63, 3.8) is 0 Å². The Hall–Kier alpha value is -0.870. The van der Waals surface area contributed by atoms with Crippen LogP contribution in [0.1, 0.15) is 25.5 Å². The number of hydrogen-bond acceptors (Lipinski definition) is 2. The summed E-state index contributed by atoms with van der Waals surface area (Å²) in [5, 5.41) is 2.94. The highest BCUT2D eigenvalue weighted by Crippen LogP contribution is 2.22. The summed E-state index contributed by atoms with van der Waals surface area (Å²) in [6.45, 7) is 4.15. The molecule has 0 saturated heterocycles. The summed E-state index contributed by atoms with van der Waals surface area (Å²) in [6.07, 6.45) is 0. The molecule has 0 radical (unpaired) electrons. The van der Waals surface area contributed by atoms with Gasteiger partial charge in [-0.15, -0.1) is 0 Å². The molecule has 3 nitrogen and oxygen atoms in total. The van der Waals surface area contributed by atoms with Crippen molar-refractivity contribution in [1.29, 1.82) is 0 Å². The number of rotatable bonds is 4. The number of carbonyl (C=O) groups is 1. The van der Waals surface area contributed by atoms with Gasteiger partial charge < -0.3 is 11.1 Å². The lowest BCUT2D eigenvalue weighted by atomic mass is 10.1. The largest absolute Gasteiger partial charge is 0.349 e. The molecule has 1 rings (SSSR count). The smallest absolute Gasteiger partial charge is 0.224 e. The molecule has 2 unspecified atom stereocenters. The van der Waals surface area contributed by atoms with Gasteiger partial charge in [0.1, 0.15) is 0 Å². The predicted octanol–water partition coefficient (Wildman–Crippen LogP) is 2.22. The summed E-state index contributed by atoms with van der Waals surface area (Å²) >= 11 is 3.46. The molecule has 1 aromatic rings. The molecule has 0 aliphatic heterocycles. The van der Waals surface area contributed by atoms with Crippen LogP contribution in [0.2, 0.25) is 0 Å². The number of halogens is 1. The number of amides is 1. The first-order valence-electron chi connectivity index (χ1n) is 5.31. The van der Waals surface area contributed by atoms with Gasteiger partial charge in [-0.05, 0) is 18.6 Å². The monoisotopic (exact) mass is 284 g/mol. The van der Waals surface area contributed by atoms with Crippen molar-refractivity contribution >= 4 is 21.8 Å². The van der Waals surface area contributed by atoms with Gasteiger partial charge in [0.05, 0.1) is 6.04 Å². The molecule has 0 aromatic heterocycles. The first-order valence-corrected chi connectivity index (χ1v) is 6.10. The van der Waals surface area contributed by atoms with Crippen molar-refractivity contribution in [2.24, 2.45) is 11.7 Å². The van der Waals surface area contributed by atoms with Gasteiger partial charge in [-0.1, -0.05) is 41.1 Å². The van der Waals surface area contributed by atoms with E-state index in [0.717, 1.165) is 10.0 Å². The Morgan fingerprint density at radius 1 is 1.44 bits per heavy atom. The Labute approximate surface area is 105 Å². The van der Waals surface area contributed by atoms with Crippen molar-refractivity contribution in [3.05, 3.63) is 34.3 Å². The Kier molecular flexibility index (Phi) is 4.96.